The van der Waals surface area contributed by atoms with Crippen molar-refractivity contribution in [1.29, 1.82) is 0 Å². The number of carbonyl (C=O) groups excluding carboxylic acids is 1. The average Bonchev–Trinajstić information content (AvgIpc) is 2.90. The molecule has 1 aromatic carbocycles. The van der Waals surface area contributed by atoms with Gasteiger partial charge in [0.15, 0.2) is 5.78 Å². The highest BCUT2D eigenvalue weighted by Crippen LogP contribution is 2.33. The molecule has 1 aliphatic heterocycles. The van der Waals surface area contributed by atoms with Gasteiger partial charge in [0.1, 0.15) is 5.82 Å². The summed E-state index contributed by atoms with van der Waals surface area (Å²) >= 11 is 0. The number of halogens is 4. The van der Waals surface area contributed by atoms with Crippen molar-refractivity contribution in [2.45, 2.75) is 44.4 Å². The van der Waals surface area contributed by atoms with Gasteiger partial charge in [-0.25, -0.2) is 4.39 Å². The molecule has 0 aromatic heterocycles. The Bertz CT molecular complexity index is 505. The van der Waals surface area contributed by atoms with Gasteiger partial charge in [-0.2, -0.15) is 13.2 Å². The summed E-state index contributed by atoms with van der Waals surface area (Å²) in [5, 5.41) is 0. The number of hydrogen-bond acceptors (Lipinski definition) is 2. The van der Waals surface area contributed by atoms with E-state index in [0.717, 1.165) is 12.8 Å². The Morgan fingerprint density at radius 2 is 2.10 bits per heavy atom. The van der Waals surface area contributed by atoms with Crippen LogP contribution >= 0.6 is 0 Å². The summed E-state index contributed by atoms with van der Waals surface area (Å²) in [6, 6.07) is 1.99. The largest absolute Gasteiger partial charge is 0.417 e. The number of carbonyl (C=O) groups is 1. The van der Waals surface area contributed by atoms with E-state index in [9.17, 15) is 22.4 Å². The predicted molar refractivity (Wildman–Crippen MR) is 68.6 cm³/mol. The Balaban J connectivity index is 2.02. The van der Waals surface area contributed by atoms with Gasteiger partial charge in [-0.3, -0.25) is 4.79 Å². The summed E-state index contributed by atoms with van der Waals surface area (Å²) in [4.78, 5) is 11.9. The van der Waals surface area contributed by atoms with Gasteiger partial charge in [0.2, 0.25) is 0 Å². The molecule has 2 rings (SSSR count). The monoisotopic (exact) mass is 304 g/mol. The van der Waals surface area contributed by atoms with Gasteiger partial charge in [-0.1, -0.05) is 0 Å². The highest BCUT2D eigenvalue weighted by atomic mass is 19.4. The molecule has 0 amide bonds. The van der Waals surface area contributed by atoms with Crippen LogP contribution in [0.4, 0.5) is 17.6 Å². The van der Waals surface area contributed by atoms with Crippen LogP contribution < -0.4 is 0 Å². The first kappa shape index (κ1) is 15.9. The molecular weight excluding hydrogens is 288 g/mol. The fourth-order valence-electron chi connectivity index (χ4n) is 2.49. The van der Waals surface area contributed by atoms with E-state index in [1.54, 1.807) is 0 Å². The molecule has 1 atom stereocenters. The summed E-state index contributed by atoms with van der Waals surface area (Å²) in [6.07, 6.45) is -1.63. The maximum atomic E-state index is 13.1. The van der Waals surface area contributed by atoms with Crippen LogP contribution in [0, 0.1) is 5.82 Å². The van der Waals surface area contributed by atoms with E-state index in [2.05, 4.69) is 0 Å². The Kier molecular flexibility index (Phi) is 4.98. The minimum Gasteiger partial charge on any atom is -0.378 e. The van der Waals surface area contributed by atoms with Gasteiger partial charge < -0.3 is 4.74 Å². The molecule has 0 saturated carbocycles. The molecule has 0 bridgehead atoms. The lowest BCUT2D eigenvalue weighted by Crippen LogP contribution is -2.14. The van der Waals surface area contributed by atoms with Gasteiger partial charge in [-0.05, 0) is 43.9 Å². The zero-order chi connectivity index (χ0) is 15.5. The first-order valence-electron chi connectivity index (χ1n) is 6.89. The number of rotatable bonds is 5. The average molecular weight is 304 g/mol. The summed E-state index contributed by atoms with van der Waals surface area (Å²) in [5.74, 6) is -1.52. The van der Waals surface area contributed by atoms with E-state index in [4.69, 9.17) is 4.74 Å². The number of hydrogen-bond donors (Lipinski definition) is 0. The van der Waals surface area contributed by atoms with Gasteiger partial charge >= 0.3 is 6.18 Å². The van der Waals surface area contributed by atoms with Crippen LogP contribution in [0.3, 0.4) is 0 Å². The SMILES string of the molecule is O=C(CCCC1CCCO1)c1cc(F)ccc1C(F)(F)F. The van der Waals surface area contributed by atoms with E-state index in [-0.39, 0.29) is 12.5 Å². The number of Topliss-reactive ketones (excluding diaryl/α,β-unsaturated/α-hetero) is 1. The van der Waals surface area contributed by atoms with Crippen molar-refractivity contribution in [1.82, 2.24) is 0 Å². The molecule has 6 heteroatoms. The third kappa shape index (κ3) is 4.27. The van der Waals surface area contributed by atoms with Crippen molar-refractivity contribution in [3.05, 3.63) is 35.1 Å². The second-order valence-electron chi connectivity index (χ2n) is 5.14. The number of benzene rings is 1. The van der Waals surface area contributed by atoms with E-state index >= 15 is 0 Å². The Morgan fingerprint density at radius 3 is 2.71 bits per heavy atom. The first-order valence-corrected chi connectivity index (χ1v) is 6.89. The lowest BCUT2D eigenvalue weighted by molar-refractivity contribution is -0.137. The topological polar surface area (TPSA) is 26.3 Å². The van der Waals surface area contributed by atoms with Crippen molar-refractivity contribution in [2.24, 2.45) is 0 Å². The van der Waals surface area contributed by atoms with Crippen LogP contribution in [-0.4, -0.2) is 18.5 Å². The second-order valence-corrected chi connectivity index (χ2v) is 5.14. The maximum Gasteiger partial charge on any atom is 0.417 e. The summed E-state index contributed by atoms with van der Waals surface area (Å²) in [7, 11) is 0. The zero-order valence-corrected chi connectivity index (χ0v) is 11.4. The highest BCUT2D eigenvalue weighted by molar-refractivity contribution is 5.97. The van der Waals surface area contributed by atoms with E-state index in [1.807, 2.05) is 0 Å². The van der Waals surface area contributed by atoms with Crippen molar-refractivity contribution >= 4 is 5.78 Å². The highest BCUT2D eigenvalue weighted by Gasteiger charge is 2.35. The van der Waals surface area contributed by atoms with Crippen LogP contribution in [0.25, 0.3) is 0 Å². The normalized spacial score (nSPS) is 19.0. The minimum atomic E-state index is -4.66. The van der Waals surface area contributed by atoms with E-state index < -0.39 is 28.9 Å². The van der Waals surface area contributed by atoms with Crippen molar-refractivity contribution in [2.75, 3.05) is 6.61 Å². The summed E-state index contributed by atoms with van der Waals surface area (Å²) < 4.78 is 57.0. The molecule has 1 aromatic rings. The molecule has 0 radical (unpaired) electrons. The molecule has 1 unspecified atom stereocenters. The first-order chi connectivity index (χ1) is 9.88. The van der Waals surface area contributed by atoms with Gasteiger partial charge in [0, 0.05) is 18.6 Å². The van der Waals surface area contributed by atoms with Crippen LogP contribution in [0.5, 0.6) is 0 Å². The molecule has 2 nitrogen and oxygen atoms in total. The van der Waals surface area contributed by atoms with Crippen molar-refractivity contribution in [3.8, 4) is 0 Å². The molecule has 0 spiro atoms. The number of ether oxygens (including phenoxy) is 1. The molecule has 116 valence electrons. The molecule has 1 aliphatic rings. The minimum absolute atomic E-state index is 0.0353. The summed E-state index contributed by atoms with van der Waals surface area (Å²) in [6.45, 7) is 0.695. The quantitative estimate of drug-likeness (QED) is 0.596. The number of ketones is 1. The molecule has 0 N–H and O–H groups in total. The Labute approximate surface area is 120 Å². The Morgan fingerprint density at radius 1 is 1.33 bits per heavy atom. The smallest absolute Gasteiger partial charge is 0.378 e. The fraction of sp³-hybridized carbons (Fsp3) is 0.533. The maximum absolute atomic E-state index is 13.1. The van der Waals surface area contributed by atoms with Gasteiger partial charge in [0.25, 0.3) is 0 Å². The molecule has 1 heterocycles. The third-order valence-corrected chi connectivity index (χ3v) is 3.54. The van der Waals surface area contributed by atoms with Crippen LogP contribution in [0.2, 0.25) is 0 Å². The molecular formula is C15H16F4O2. The fourth-order valence-corrected chi connectivity index (χ4v) is 2.49. The molecule has 1 fully saturated rings. The van der Waals surface area contributed by atoms with Crippen molar-refractivity contribution < 1.29 is 27.1 Å². The van der Waals surface area contributed by atoms with Crippen LogP contribution in [0.15, 0.2) is 18.2 Å². The standard InChI is InChI=1S/C15H16F4O2/c16-10-6-7-13(15(17,18)19)12(9-10)14(20)5-1-3-11-4-2-8-21-11/h6-7,9,11H,1-5,8H2. The third-order valence-electron chi connectivity index (χ3n) is 3.54. The molecule has 0 aliphatic carbocycles. The Hall–Kier alpha value is -1.43. The van der Waals surface area contributed by atoms with E-state index in [1.165, 1.54) is 0 Å². The van der Waals surface area contributed by atoms with Crippen molar-refractivity contribution in [3.63, 3.8) is 0 Å². The van der Waals surface area contributed by atoms with Crippen LogP contribution in [-0.2, 0) is 10.9 Å². The van der Waals surface area contributed by atoms with E-state index in [0.29, 0.717) is 37.6 Å². The lowest BCUT2D eigenvalue weighted by atomic mass is 9.98. The van der Waals surface area contributed by atoms with Gasteiger partial charge in [0.05, 0.1) is 11.7 Å². The zero-order valence-electron chi connectivity index (χ0n) is 11.4. The molecule has 21 heavy (non-hydrogen) atoms. The molecule has 1 saturated heterocycles. The summed E-state index contributed by atoms with van der Waals surface area (Å²) in [5.41, 5.74) is -1.67. The lowest BCUT2D eigenvalue weighted by Gasteiger charge is -2.13. The van der Waals surface area contributed by atoms with Gasteiger partial charge in [-0.15, -0.1) is 0 Å². The predicted octanol–water partition coefficient (Wildman–Crippen LogP) is 4.38. The number of alkyl halides is 3. The van der Waals surface area contributed by atoms with Crippen LogP contribution in [0.1, 0.15) is 48.0 Å². The second kappa shape index (κ2) is 6.56.